The number of carbonyl (C=O) groups excluding carboxylic acids is 1. The van der Waals surface area contributed by atoms with Crippen molar-refractivity contribution in [2.24, 2.45) is 0 Å². The van der Waals surface area contributed by atoms with Crippen LogP contribution in [-0.2, 0) is 12.6 Å². The highest BCUT2D eigenvalue weighted by Crippen LogP contribution is 2.34. The molecule has 4 aromatic rings. The van der Waals surface area contributed by atoms with Crippen molar-refractivity contribution >= 4 is 34.0 Å². The lowest BCUT2D eigenvalue weighted by Crippen LogP contribution is -2.14. The molecule has 0 bridgehead atoms. The molecule has 0 fully saturated rings. The number of hydrogen-bond acceptors (Lipinski definition) is 5. The van der Waals surface area contributed by atoms with Crippen molar-refractivity contribution in [2.45, 2.75) is 26.4 Å². The van der Waals surface area contributed by atoms with Gasteiger partial charge in [-0.25, -0.2) is 9.67 Å². The fourth-order valence-corrected chi connectivity index (χ4v) is 4.38. The van der Waals surface area contributed by atoms with E-state index in [0.29, 0.717) is 27.0 Å². The van der Waals surface area contributed by atoms with Crippen molar-refractivity contribution in [1.29, 1.82) is 0 Å². The lowest BCUT2D eigenvalue weighted by Gasteiger charge is -2.10. The van der Waals surface area contributed by atoms with Gasteiger partial charge in [-0.05, 0) is 49.7 Å². The number of carbonyl (C=O) groups is 1. The summed E-state index contributed by atoms with van der Waals surface area (Å²) in [5.74, 6) is -0.480. The van der Waals surface area contributed by atoms with E-state index in [1.165, 1.54) is 17.4 Å². The normalized spacial score (nSPS) is 11.6. The summed E-state index contributed by atoms with van der Waals surface area (Å²) in [6, 6.07) is 12.5. The summed E-state index contributed by atoms with van der Waals surface area (Å²) in [6.07, 6.45) is -4.30. The SMILES string of the molecule is Cc1nc(NC(=O)c2nnn(-c3ccccc3)c2C)sc1Cc1cc(C(F)(F)F)ccc1Cl. The van der Waals surface area contributed by atoms with Gasteiger partial charge in [0, 0.05) is 16.3 Å². The van der Waals surface area contributed by atoms with Crippen molar-refractivity contribution in [1.82, 2.24) is 20.0 Å². The van der Waals surface area contributed by atoms with Crippen LogP contribution in [-0.4, -0.2) is 25.9 Å². The molecule has 1 amide bonds. The molecule has 0 aliphatic rings. The van der Waals surface area contributed by atoms with Gasteiger partial charge in [0.1, 0.15) is 0 Å². The fraction of sp³-hybridized carbons (Fsp3) is 0.182. The highest BCUT2D eigenvalue weighted by atomic mass is 35.5. The molecule has 0 atom stereocenters. The van der Waals surface area contributed by atoms with E-state index in [4.69, 9.17) is 11.6 Å². The summed E-state index contributed by atoms with van der Waals surface area (Å²) < 4.78 is 40.7. The van der Waals surface area contributed by atoms with Crippen LogP contribution in [0, 0.1) is 13.8 Å². The van der Waals surface area contributed by atoms with Gasteiger partial charge in [-0.1, -0.05) is 35.0 Å². The van der Waals surface area contributed by atoms with Gasteiger partial charge in [-0.2, -0.15) is 13.2 Å². The number of para-hydroxylation sites is 1. The zero-order chi connectivity index (χ0) is 23.8. The van der Waals surface area contributed by atoms with Crippen LogP contribution < -0.4 is 5.32 Å². The predicted octanol–water partition coefficient (Wildman–Crippen LogP) is 5.86. The van der Waals surface area contributed by atoms with E-state index in [2.05, 4.69) is 20.6 Å². The summed E-state index contributed by atoms with van der Waals surface area (Å²) in [5.41, 5.74) is 1.63. The number of amides is 1. The average molecular weight is 492 g/mol. The molecule has 170 valence electrons. The number of benzene rings is 2. The molecular weight excluding hydrogens is 475 g/mol. The summed E-state index contributed by atoms with van der Waals surface area (Å²) in [6.45, 7) is 3.45. The smallest absolute Gasteiger partial charge is 0.296 e. The van der Waals surface area contributed by atoms with Gasteiger partial charge in [0.05, 0.1) is 22.6 Å². The first-order valence-corrected chi connectivity index (χ1v) is 10.9. The van der Waals surface area contributed by atoms with E-state index in [1.54, 1.807) is 18.5 Å². The topological polar surface area (TPSA) is 72.7 Å². The molecule has 2 aromatic carbocycles. The first-order valence-electron chi connectivity index (χ1n) is 9.74. The van der Waals surface area contributed by atoms with Crippen molar-refractivity contribution in [3.05, 3.63) is 86.6 Å². The summed E-state index contributed by atoms with van der Waals surface area (Å²) in [4.78, 5) is 17.8. The monoisotopic (exact) mass is 491 g/mol. The van der Waals surface area contributed by atoms with Gasteiger partial charge in [-0.15, -0.1) is 16.4 Å². The zero-order valence-electron chi connectivity index (χ0n) is 17.4. The van der Waals surface area contributed by atoms with Crippen LogP contribution in [0.2, 0.25) is 5.02 Å². The Balaban J connectivity index is 1.53. The molecule has 0 aliphatic heterocycles. The third-order valence-electron chi connectivity index (χ3n) is 4.95. The Labute approximate surface area is 196 Å². The quantitative estimate of drug-likeness (QED) is 0.380. The molecule has 0 unspecified atom stereocenters. The highest BCUT2D eigenvalue weighted by molar-refractivity contribution is 7.15. The number of aromatic nitrogens is 4. The maximum atomic E-state index is 13.1. The van der Waals surface area contributed by atoms with Crippen molar-refractivity contribution < 1.29 is 18.0 Å². The summed E-state index contributed by atoms with van der Waals surface area (Å²) in [7, 11) is 0. The Morgan fingerprint density at radius 3 is 2.58 bits per heavy atom. The molecule has 1 N–H and O–H groups in total. The van der Waals surface area contributed by atoms with Gasteiger partial charge in [-0.3, -0.25) is 10.1 Å². The predicted molar refractivity (Wildman–Crippen MR) is 120 cm³/mol. The third-order valence-corrected chi connectivity index (χ3v) is 6.39. The second kappa shape index (κ2) is 8.95. The molecule has 33 heavy (non-hydrogen) atoms. The molecule has 0 saturated carbocycles. The molecule has 6 nitrogen and oxygen atoms in total. The Morgan fingerprint density at radius 1 is 1.15 bits per heavy atom. The zero-order valence-corrected chi connectivity index (χ0v) is 19.0. The van der Waals surface area contributed by atoms with Crippen molar-refractivity contribution in [3.63, 3.8) is 0 Å². The standard InChI is InChI=1S/C22H17ClF3N5OS/c1-12-18(11-14-10-15(22(24,25)26)8-9-17(14)23)33-21(27-12)28-20(32)19-13(2)31(30-29-19)16-6-4-3-5-7-16/h3-10H,11H2,1-2H3,(H,27,28,32). The average Bonchev–Trinajstić information content (AvgIpc) is 3.31. The Morgan fingerprint density at radius 2 is 1.88 bits per heavy atom. The van der Waals surface area contributed by atoms with E-state index >= 15 is 0 Å². The van der Waals surface area contributed by atoms with E-state index < -0.39 is 17.6 Å². The first kappa shape index (κ1) is 22.9. The number of aryl methyl sites for hydroxylation is 1. The molecule has 0 saturated heterocycles. The number of alkyl halides is 3. The number of anilines is 1. The van der Waals surface area contributed by atoms with Gasteiger partial charge >= 0.3 is 6.18 Å². The van der Waals surface area contributed by atoms with Gasteiger partial charge in [0.15, 0.2) is 10.8 Å². The number of nitrogens with zero attached hydrogens (tertiary/aromatic N) is 4. The molecule has 2 aromatic heterocycles. The van der Waals surface area contributed by atoms with Gasteiger partial charge in [0.2, 0.25) is 0 Å². The molecular formula is C22H17ClF3N5OS. The number of rotatable bonds is 5. The second-order valence-electron chi connectivity index (χ2n) is 7.23. The number of thiazole rings is 1. The largest absolute Gasteiger partial charge is 0.416 e. The minimum Gasteiger partial charge on any atom is -0.296 e. The maximum Gasteiger partial charge on any atom is 0.416 e. The Kier molecular flexibility index (Phi) is 6.22. The maximum absolute atomic E-state index is 13.1. The minimum absolute atomic E-state index is 0.147. The third kappa shape index (κ3) is 4.91. The highest BCUT2D eigenvalue weighted by Gasteiger charge is 2.31. The van der Waals surface area contributed by atoms with Crippen LogP contribution in [0.5, 0.6) is 0 Å². The van der Waals surface area contributed by atoms with Crippen molar-refractivity contribution in [2.75, 3.05) is 5.32 Å². The van der Waals surface area contributed by atoms with Crippen LogP contribution >= 0.6 is 22.9 Å². The molecule has 4 rings (SSSR count). The van der Waals surface area contributed by atoms with Crippen LogP contribution in [0.4, 0.5) is 18.3 Å². The molecule has 11 heteroatoms. The molecule has 0 radical (unpaired) electrons. The van der Waals surface area contributed by atoms with E-state index in [0.717, 1.165) is 17.8 Å². The number of halogens is 4. The second-order valence-corrected chi connectivity index (χ2v) is 8.72. The number of hydrogen-bond donors (Lipinski definition) is 1. The molecule has 0 spiro atoms. The lowest BCUT2D eigenvalue weighted by molar-refractivity contribution is -0.137. The molecule has 0 aliphatic carbocycles. The van der Waals surface area contributed by atoms with E-state index in [1.807, 2.05) is 30.3 Å². The Bertz CT molecular complexity index is 1320. The number of nitrogens with one attached hydrogen (secondary N) is 1. The first-order chi connectivity index (χ1) is 15.6. The van der Waals surface area contributed by atoms with E-state index in [-0.39, 0.29) is 17.1 Å². The molecule has 2 heterocycles. The van der Waals surface area contributed by atoms with Crippen molar-refractivity contribution in [3.8, 4) is 5.69 Å². The Hall–Kier alpha value is -3.24. The minimum atomic E-state index is -4.46. The lowest BCUT2D eigenvalue weighted by atomic mass is 10.1. The van der Waals surface area contributed by atoms with Crippen LogP contribution in [0.15, 0.2) is 48.5 Å². The van der Waals surface area contributed by atoms with Crippen LogP contribution in [0.25, 0.3) is 5.69 Å². The van der Waals surface area contributed by atoms with Gasteiger partial charge < -0.3 is 0 Å². The van der Waals surface area contributed by atoms with Crippen LogP contribution in [0.1, 0.15) is 37.9 Å². The summed E-state index contributed by atoms with van der Waals surface area (Å²) in [5, 5.41) is 11.3. The van der Waals surface area contributed by atoms with Crippen LogP contribution in [0.3, 0.4) is 0 Å². The van der Waals surface area contributed by atoms with E-state index in [9.17, 15) is 18.0 Å². The fourth-order valence-electron chi connectivity index (χ4n) is 3.21. The summed E-state index contributed by atoms with van der Waals surface area (Å²) >= 11 is 7.29. The van der Waals surface area contributed by atoms with Gasteiger partial charge in [0.25, 0.3) is 5.91 Å².